The number of aliphatic imine (C=N–C) groups is 1. The Hall–Kier alpha value is -3.84. The molecule has 2 aliphatic rings. The van der Waals surface area contributed by atoms with Crippen molar-refractivity contribution in [1.29, 1.82) is 0 Å². The van der Waals surface area contributed by atoms with Gasteiger partial charge in [0, 0.05) is 35.8 Å². The Kier molecular flexibility index (Phi) is 7.42. The second-order valence-corrected chi connectivity index (χ2v) is 9.33. The second kappa shape index (κ2) is 11.0. The normalized spacial score (nSPS) is 16.1. The summed E-state index contributed by atoms with van der Waals surface area (Å²) in [6, 6.07) is 17.5. The first-order valence-electron chi connectivity index (χ1n) is 12.3. The second-order valence-electron chi connectivity index (χ2n) is 8.89. The zero-order valence-electron chi connectivity index (χ0n) is 20.5. The average molecular weight is 519 g/mol. The maximum absolute atomic E-state index is 13.0. The van der Waals surface area contributed by atoms with Gasteiger partial charge in [0.05, 0.1) is 43.2 Å². The van der Waals surface area contributed by atoms with E-state index in [1.807, 2.05) is 29.3 Å². The molecule has 7 nitrogen and oxygen atoms in total. The van der Waals surface area contributed by atoms with Gasteiger partial charge in [0.25, 0.3) is 5.91 Å². The average Bonchev–Trinajstić information content (AvgIpc) is 3.36. The van der Waals surface area contributed by atoms with Crippen molar-refractivity contribution in [3.63, 3.8) is 0 Å². The predicted molar refractivity (Wildman–Crippen MR) is 142 cm³/mol. The lowest BCUT2D eigenvalue weighted by Gasteiger charge is -2.20. The number of benzene rings is 3. The third kappa shape index (κ3) is 5.32. The Labute approximate surface area is 220 Å². The fourth-order valence-corrected chi connectivity index (χ4v) is 4.77. The Morgan fingerprint density at radius 2 is 1.81 bits per heavy atom. The molecule has 0 radical (unpaired) electrons. The number of hydrogen-bond acceptors (Lipinski definition) is 6. The number of fused-ring (bicyclic) bond motifs is 2. The van der Waals surface area contributed by atoms with Crippen LogP contribution in [0.1, 0.15) is 45.5 Å². The molecule has 5 rings (SSSR count). The van der Waals surface area contributed by atoms with Crippen molar-refractivity contribution in [2.45, 2.75) is 25.3 Å². The summed E-state index contributed by atoms with van der Waals surface area (Å²) in [5, 5.41) is 0.465. The van der Waals surface area contributed by atoms with Gasteiger partial charge in [0.2, 0.25) is 0 Å². The monoisotopic (exact) mass is 518 g/mol. The summed E-state index contributed by atoms with van der Waals surface area (Å²) < 4.78 is 17.4. The van der Waals surface area contributed by atoms with Crippen LogP contribution in [0.3, 0.4) is 0 Å². The van der Waals surface area contributed by atoms with Gasteiger partial charge >= 0.3 is 0 Å². The maximum Gasteiger partial charge on any atom is 0.256 e. The Morgan fingerprint density at radius 3 is 2.59 bits per heavy atom. The topological polar surface area (TPSA) is 77.4 Å². The van der Waals surface area contributed by atoms with Crippen molar-refractivity contribution in [3.05, 3.63) is 82.4 Å². The molecule has 190 valence electrons. The Bertz CT molecular complexity index is 1340. The first-order chi connectivity index (χ1) is 18.0. The molecule has 0 saturated carbocycles. The molecule has 8 heteroatoms. The number of methoxy groups -OCH3 is 1. The van der Waals surface area contributed by atoms with Crippen LogP contribution in [0.15, 0.2) is 65.7 Å². The highest BCUT2D eigenvalue weighted by Gasteiger charge is 2.32. The molecule has 1 fully saturated rings. The van der Waals surface area contributed by atoms with Crippen LogP contribution in [-0.2, 0) is 0 Å². The van der Waals surface area contributed by atoms with E-state index in [2.05, 4.69) is 4.99 Å². The molecule has 3 aromatic carbocycles. The third-order valence-corrected chi connectivity index (χ3v) is 6.72. The van der Waals surface area contributed by atoms with Crippen LogP contribution in [0.5, 0.6) is 17.2 Å². The number of nitrogens with zero attached hydrogens (tertiary/aromatic N) is 2. The standard InChI is InChI=1S/C29H27ClN2O5/c1-35-26-16-22-24(31-18-21-9-5-12-32(21)29(22)34)17-27(26)37-14-6-13-36-25-11-10-20(30)15-23(25)28(33)19-7-3-2-4-8-19/h2-4,7-8,10-11,15-18,21H,5-6,9,12-14H2,1H3/t21-/m0/s1. The highest BCUT2D eigenvalue weighted by molar-refractivity contribution is 6.31. The highest BCUT2D eigenvalue weighted by Crippen LogP contribution is 2.38. The zero-order valence-corrected chi connectivity index (χ0v) is 21.2. The van der Waals surface area contributed by atoms with Crippen LogP contribution in [-0.4, -0.2) is 55.7 Å². The minimum atomic E-state index is -0.153. The lowest BCUT2D eigenvalue weighted by Crippen LogP contribution is -2.35. The summed E-state index contributed by atoms with van der Waals surface area (Å²) in [6.45, 7) is 1.41. The molecule has 3 aromatic rings. The molecule has 2 aliphatic heterocycles. The third-order valence-electron chi connectivity index (χ3n) is 6.48. The molecule has 1 atom stereocenters. The van der Waals surface area contributed by atoms with Gasteiger partial charge in [-0.15, -0.1) is 0 Å². The molecule has 0 unspecified atom stereocenters. The van der Waals surface area contributed by atoms with Gasteiger partial charge in [-0.25, -0.2) is 0 Å². The van der Waals surface area contributed by atoms with Gasteiger partial charge < -0.3 is 19.1 Å². The zero-order chi connectivity index (χ0) is 25.8. The summed E-state index contributed by atoms with van der Waals surface area (Å²) in [6.07, 6.45) is 4.31. The number of ether oxygens (including phenoxy) is 3. The van der Waals surface area contributed by atoms with Gasteiger partial charge in [0.15, 0.2) is 17.3 Å². The summed E-state index contributed by atoms with van der Waals surface area (Å²) >= 11 is 6.15. The van der Waals surface area contributed by atoms with Crippen molar-refractivity contribution in [1.82, 2.24) is 4.90 Å². The number of hydrogen-bond donors (Lipinski definition) is 0. The van der Waals surface area contributed by atoms with Crippen molar-refractivity contribution < 1.29 is 23.8 Å². The van der Waals surface area contributed by atoms with Crippen molar-refractivity contribution >= 4 is 35.2 Å². The van der Waals surface area contributed by atoms with E-state index in [0.717, 1.165) is 19.4 Å². The predicted octanol–water partition coefficient (Wildman–Crippen LogP) is 5.75. The maximum atomic E-state index is 13.0. The van der Waals surface area contributed by atoms with E-state index in [9.17, 15) is 9.59 Å². The Morgan fingerprint density at radius 1 is 1.03 bits per heavy atom. The SMILES string of the molecule is COc1cc2c(cc1OCCCOc1ccc(Cl)cc1C(=O)c1ccccc1)N=C[C@@H]1CCCN1C2=O. The largest absolute Gasteiger partial charge is 0.493 e. The smallest absolute Gasteiger partial charge is 0.256 e. The molecule has 0 aliphatic carbocycles. The quantitative estimate of drug-likeness (QED) is 0.266. The van der Waals surface area contributed by atoms with E-state index in [1.54, 1.807) is 49.6 Å². The van der Waals surface area contributed by atoms with Crippen molar-refractivity contribution in [2.75, 3.05) is 26.9 Å². The summed E-state index contributed by atoms with van der Waals surface area (Å²) in [7, 11) is 1.55. The first kappa shape index (κ1) is 24.8. The number of carbonyl (C=O) groups excluding carboxylic acids is 2. The molecule has 1 saturated heterocycles. The van der Waals surface area contributed by atoms with Crippen LogP contribution < -0.4 is 14.2 Å². The highest BCUT2D eigenvalue weighted by atomic mass is 35.5. The van der Waals surface area contributed by atoms with Crippen LogP contribution in [0.2, 0.25) is 5.02 Å². The minimum absolute atomic E-state index is 0.0305. The summed E-state index contributed by atoms with van der Waals surface area (Å²) in [4.78, 5) is 32.4. The van der Waals surface area contributed by atoms with Gasteiger partial charge in [0.1, 0.15) is 5.75 Å². The van der Waals surface area contributed by atoms with Crippen LogP contribution >= 0.6 is 11.6 Å². The van der Waals surface area contributed by atoms with Gasteiger partial charge in [-0.3, -0.25) is 14.6 Å². The number of carbonyl (C=O) groups is 2. The molecule has 0 aromatic heterocycles. The first-order valence-corrected chi connectivity index (χ1v) is 12.6. The van der Waals surface area contributed by atoms with E-state index in [1.165, 1.54) is 0 Å². The van der Waals surface area contributed by atoms with E-state index in [4.69, 9.17) is 25.8 Å². The number of rotatable bonds is 9. The van der Waals surface area contributed by atoms with Crippen LogP contribution in [0.25, 0.3) is 0 Å². The summed E-state index contributed by atoms with van der Waals surface area (Å²) in [5.74, 6) is 1.28. The van der Waals surface area contributed by atoms with Crippen LogP contribution in [0.4, 0.5) is 5.69 Å². The van der Waals surface area contributed by atoms with Gasteiger partial charge in [-0.1, -0.05) is 41.9 Å². The number of amides is 1. The molecular weight excluding hydrogens is 492 g/mol. The fraction of sp³-hybridized carbons (Fsp3) is 0.276. The van der Waals surface area contributed by atoms with E-state index < -0.39 is 0 Å². The van der Waals surface area contributed by atoms with E-state index in [0.29, 0.717) is 64.3 Å². The van der Waals surface area contributed by atoms with Crippen molar-refractivity contribution in [3.8, 4) is 17.2 Å². The molecule has 0 bridgehead atoms. The molecule has 2 heterocycles. The molecule has 1 amide bonds. The van der Waals surface area contributed by atoms with Crippen LogP contribution in [0, 0.1) is 0 Å². The van der Waals surface area contributed by atoms with Gasteiger partial charge in [-0.05, 0) is 37.1 Å². The number of halogens is 1. The minimum Gasteiger partial charge on any atom is -0.493 e. The molecule has 37 heavy (non-hydrogen) atoms. The molecule has 0 N–H and O–H groups in total. The lowest BCUT2D eigenvalue weighted by molar-refractivity contribution is 0.0774. The van der Waals surface area contributed by atoms with E-state index in [-0.39, 0.29) is 17.7 Å². The Balaban J connectivity index is 1.23. The molecule has 0 spiro atoms. The fourth-order valence-electron chi connectivity index (χ4n) is 4.59. The van der Waals surface area contributed by atoms with Crippen molar-refractivity contribution in [2.24, 2.45) is 4.99 Å². The summed E-state index contributed by atoms with van der Waals surface area (Å²) in [5.41, 5.74) is 2.08. The lowest BCUT2D eigenvalue weighted by atomic mass is 10.0. The van der Waals surface area contributed by atoms with Gasteiger partial charge in [-0.2, -0.15) is 0 Å². The van der Waals surface area contributed by atoms with E-state index >= 15 is 0 Å². The molecular formula is C29H27ClN2O5. The number of ketones is 1.